The van der Waals surface area contributed by atoms with Gasteiger partial charge in [0.25, 0.3) is 0 Å². The van der Waals surface area contributed by atoms with Crippen LogP contribution in [0.2, 0.25) is 0 Å². The van der Waals surface area contributed by atoms with Crippen molar-refractivity contribution in [3.63, 3.8) is 0 Å². The maximum atomic E-state index is 4.26. The molecule has 0 fully saturated rings. The molecule has 0 unspecified atom stereocenters. The van der Waals surface area contributed by atoms with E-state index in [2.05, 4.69) is 38.9 Å². The van der Waals surface area contributed by atoms with Crippen LogP contribution < -0.4 is 5.32 Å². The van der Waals surface area contributed by atoms with Gasteiger partial charge in [0.05, 0.1) is 6.20 Å². The Bertz CT molecular complexity index is 401. The fraction of sp³-hybridized carbons (Fsp3) is 0.400. The Balaban J connectivity index is 2.02. The first-order chi connectivity index (χ1) is 7.27. The van der Waals surface area contributed by atoms with Gasteiger partial charge in [-0.05, 0) is 13.8 Å². The van der Waals surface area contributed by atoms with E-state index in [1.807, 2.05) is 12.4 Å². The van der Waals surface area contributed by atoms with Crippen LogP contribution in [0.25, 0.3) is 0 Å². The molecular formula is C10H15N5. The van der Waals surface area contributed by atoms with Crippen molar-refractivity contribution in [2.45, 2.75) is 26.4 Å². The van der Waals surface area contributed by atoms with Crippen LogP contribution in [0, 0.1) is 0 Å². The molecule has 2 rings (SSSR count). The van der Waals surface area contributed by atoms with E-state index in [0.29, 0.717) is 6.04 Å². The zero-order valence-corrected chi connectivity index (χ0v) is 8.94. The second-order valence-electron chi connectivity index (χ2n) is 3.71. The number of nitrogens with one attached hydrogen (secondary N) is 2. The molecule has 0 atom stereocenters. The molecule has 0 aliphatic carbocycles. The van der Waals surface area contributed by atoms with Crippen molar-refractivity contribution in [2.24, 2.45) is 0 Å². The number of hydrogen-bond acceptors (Lipinski definition) is 3. The molecule has 5 heteroatoms. The minimum atomic E-state index is 0.416. The Kier molecular flexibility index (Phi) is 2.71. The van der Waals surface area contributed by atoms with E-state index in [-0.39, 0.29) is 0 Å². The third-order valence-corrected chi connectivity index (χ3v) is 2.23. The van der Waals surface area contributed by atoms with E-state index in [1.54, 1.807) is 12.4 Å². The minimum Gasteiger partial charge on any atom is -0.351 e. The topological polar surface area (TPSA) is 58.5 Å². The van der Waals surface area contributed by atoms with Crippen LogP contribution in [-0.4, -0.2) is 19.7 Å². The fourth-order valence-corrected chi connectivity index (χ4v) is 1.42. The van der Waals surface area contributed by atoms with Gasteiger partial charge in [-0.15, -0.1) is 0 Å². The lowest BCUT2D eigenvalue weighted by Gasteiger charge is -2.11. The van der Waals surface area contributed by atoms with Crippen LogP contribution >= 0.6 is 0 Å². The standard InChI is InChI=1S/C10H15N5/c1-8(2)15-4-3-11-10(15)12-5-9-6-13-14-7-9/h3-4,6-8H,5H2,1-2H3,(H,11,12)(H,13,14). The van der Waals surface area contributed by atoms with Crippen molar-refractivity contribution in [1.29, 1.82) is 0 Å². The predicted octanol–water partition coefficient (Wildman–Crippen LogP) is 1.80. The molecule has 0 aliphatic rings. The summed E-state index contributed by atoms with van der Waals surface area (Å²) >= 11 is 0. The molecule has 2 aromatic heterocycles. The van der Waals surface area contributed by atoms with E-state index in [0.717, 1.165) is 18.1 Å². The van der Waals surface area contributed by atoms with Gasteiger partial charge >= 0.3 is 0 Å². The summed E-state index contributed by atoms with van der Waals surface area (Å²) in [6.07, 6.45) is 7.45. The Labute approximate surface area is 88.5 Å². The third kappa shape index (κ3) is 2.18. The first-order valence-electron chi connectivity index (χ1n) is 5.01. The molecule has 2 aromatic rings. The molecule has 0 saturated carbocycles. The van der Waals surface area contributed by atoms with Crippen LogP contribution in [0.5, 0.6) is 0 Å². The summed E-state index contributed by atoms with van der Waals surface area (Å²) in [4.78, 5) is 4.26. The number of anilines is 1. The highest BCUT2D eigenvalue weighted by atomic mass is 15.2. The van der Waals surface area contributed by atoms with Gasteiger partial charge < -0.3 is 9.88 Å². The number of nitrogens with zero attached hydrogens (tertiary/aromatic N) is 3. The maximum absolute atomic E-state index is 4.26. The lowest BCUT2D eigenvalue weighted by molar-refractivity contribution is 0.604. The molecule has 0 radical (unpaired) electrons. The highest BCUT2D eigenvalue weighted by Gasteiger charge is 2.04. The number of H-pyrrole nitrogens is 1. The molecule has 2 heterocycles. The number of imidazole rings is 1. The number of hydrogen-bond donors (Lipinski definition) is 2. The molecule has 0 aliphatic heterocycles. The largest absolute Gasteiger partial charge is 0.351 e. The Hall–Kier alpha value is -1.78. The highest BCUT2D eigenvalue weighted by Crippen LogP contribution is 2.12. The van der Waals surface area contributed by atoms with Crippen LogP contribution in [0.3, 0.4) is 0 Å². The van der Waals surface area contributed by atoms with Crippen molar-refractivity contribution < 1.29 is 0 Å². The van der Waals surface area contributed by atoms with E-state index >= 15 is 0 Å². The van der Waals surface area contributed by atoms with Crippen molar-refractivity contribution in [1.82, 2.24) is 19.7 Å². The third-order valence-electron chi connectivity index (χ3n) is 2.23. The normalized spacial score (nSPS) is 10.9. The van der Waals surface area contributed by atoms with Gasteiger partial charge in [0.1, 0.15) is 0 Å². The molecule has 5 nitrogen and oxygen atoms in total. The maximum Gasteiger partial charge on any atom is 0.203 e. The van der Waals surface area contributed by atoms with Crippen LogP contribution in [0.1, 0.15) is 25.5 Å². The van der Waals surface area contributed by atoms with E-state index in [9.17, 15) is 0 Å². The molecule has 0 spiro atoms. The summed E-state index contributed by atoms with van der Waals surface area (Å²) in [5.41, 5.74) is 1.12. The van der Waals surface area contributed by atoms with Crippen molar-refractivity contribution >= 4 is 5.95 Å². The predicted molar refractivity (Wildman–Crippen MR) is 58.5 cm³/mol. The highest BCUT2D eigenvalue weighted by molar-refractivity contribution is 5.28. The molecule has 0 bridgehead atoms. The summed E-state index contributed by atoms with van der Waals surface area (Å²) in [5, 5.41) is 9.94. The van der Waals surface area contributed by atoms with Gasteiger partial charge in [0, 0.05) is 36.7 Å². The van der Waals surface area contributed by atoms with Crippen LogP contribution in [0.4, 0.5) is 5.95 Å². The lowest BCUT2D eigenvalue weighted by atomic mass is 10.3. The molecule has 0 amide bonds. The Morgan fingerprint density at radius 1 is 1.53 bits per heavy atom. The van der Waals surface area contributed by atoms with Gasteiger partial charge in [0.2, 0.25) is 5.95 Å². The number of aromatic nitrogens is 4. The molecule has 80 valence electrons. The summed E-state index contributed by atoms with van der Waals surface area (Å²) in [6.45, 7) is 5.00. The Morgan fingerprint density at radius 2 is 2.40 bits per heavy atom. The average Bonchev–Trinajstić information content (AvgIpc) is 2.86. The monoisotopic (exact) mass is 205 g/mol. The molecule has 15 heavy (non-hydrogen) atoms. The van der Waals surface area contributed by atoms with E-state index in [1.165, 1.54) is 0 Å². The van der Waals surface area contributed by atoms with Gasteiger partial charge in [-0.25, -0.2) is 4.98 Å². The Morgan fingerprint density at radius 3 is 3.07 bits per heavy atom. The summed E-state index contributed by atoms with van der Waals surface area (Å²) < 4.78 is 2.10. The zero-order chi connectivity index (χ0) is 10.7. The first kappa shape index (κ1) is 9.76. The molecular weight excluding hydrogens is 190 g/mol. The van der Waals surface area contributed by atoms with Crippen LogP contribution in [0.15, 0.2) is 24.8 Å². The van der Waals surface area contributed by atoms with E-state index < -0.39 is 0 Å². The summed E-state index contributed by atoms with van der Waals surface area (Å²) in [5.74, 6) is 0.895. The molecule has 2 N–H and O–H groups in total. The lowest BCUT2D eigenvalue weighted by Crippen LogP contribution is -2.08. The fourth-order valence-electron chi connectivity index (χ4n) is 1.42. The van der Waals surface area contributed by atoms with Crippen molar-refractivity contribution in [2.75, 3.05) is 5.32 Å². The van der Waals surface area contributed by atoms with Gasteiger partial charge in [-0.1, -0.05) is 0 Å². The molecule has 0 aromatic carbocycles. The van der Waals surface area contributed by atoms with Crippen molar-refractivity contribution in [3.8, 4) is 0 Å². The minimum absolute atomic E-state index is 0.416. The van der Waals surface area contributed by atoms with Gasteiger partial charge in [0.15, 0.2) is 0 Å². The average molecular weight is 205 g/mol. The zero-order valence-electron chi connectivity index (χ0n) is 8.94. The summed E-state index contributed by atoms with van der Waals surface area (Å²) in [7, 11) is 0. The van der Waals surface area contributed by atoms with Crippen LogP contribution in [-0.2, 0) is 6.54 Å². The quantitative estimate of drug-likeness (QED) is 0.800. The summed E-state index contributed by atoms with van der Waals surface area (Å²) in [6, 6.07) is 0.416. The van der Waals surface area contributed by atoms with Gasteiger partial charge in [-0.3, -0.25) is 5.10 Å². The second-order valence-corrected chi connectivity index (χ2v) is 3.71. The molecule has 0 saturated heterocycles. The number of aromatic amines is 1. The SMILES string of the molecule is CC(C)n1ccnc1NCc1cn[nH]c1. The first-order valence-corrected chi connectivity index (χ1v) is 5.01. The number of rotatable bonds is 4. The second kappa shape index (κ2) is 4.16. The van der Waals surface area contributed by atoms with Crippen molar-refractivity contribution in [3.05, 3.63) is 30.4 Å². The van der Waals surface area contributed by atoms with Gasteiger partial charge in [-0.2, -0.15) is 5.10 Å². The smallest absolute Gasteiger partial charge is 0.203 e. The van der Waals surface area contributed by atoms with E-state index in [4.69, 9.17) is 0 Å².